The minimum absolute atomic E-state index is 0. The Morgan fingerprint density at radius 1 is 1.31 bits per heavy atom. The molecule has 0 aliphatic carbocycles. The summed E-state index contributed by atoms with van der Waals surface area (Å²) in [5.74, 6) is -0.322. The molecule has 0 N–H and O–H groups in total. The van der Waals surface area contributed by atoms with E-state index in [0.717, 1.165) is 11.1 Å². The molecule has 0 spiro atoms. The van der Waals surface area contributed by atoms with Crippen LogP contribution in [0.25, 0.3) is 0 Å². The van der Waals surface area contributed by atoms with E-state index in [4.69, 9.17) is 0 Å². The molecule has 0 aliphatic heterocycles. The second-order valence-electron chi connectivity index (χ2n) is 3.01. The van der Waals surface area contributed by atoms with E-state index in [1.54, 1.807) is 6.92 Å². The van der Waals surface area contributed by atoms with E-state index in [-0.39, 0.29) is 69.7 Å². The van der Waals surface area contributed by atoms with Crippen molar-refractivity contribution in [1.29, 1.82) is 0 Å². The monoisotopic (exact) mass is 248 g/mol. The predicted molar refractivity (Wildman–Crippen MR) is 45.4 cm³/mol. The van der Waals surface area contributed by atoms with Gasteiger partial charge in [-0.2, -0.15) is 0 Å². The zero-order chi connectivity index (χ0) is 9.30. The molecule has 0 aromatic heterocycles. The molecule has 13 heavy (non-hydrogen) atoms. The summed E-state index contributed by atoms with van der Waals surface area (Å²) in [6, 6.07) is 3.34. The molecule has 1 aromatic rings. The van der Waals surface area contributed by atoms with E-state index in [9.17, 15) is 9.90 Å². The Morgan fingerprint density at radius 2 is 1.85 bits per heavy atom. The molecule has 0 heterocycles. The molecular formula is C10H11O2Rb. The number of carbonyl (C=O) groups is 1. The molecule has 64 valence electrons. The minimum Gasteiger partial charge on any atom is -0.872 e. The number of Topliss-reactive ketones (excluding diaryl/α,β-unsaturated/α-hetero) is 1. The van der Waals surface area contributed by atoms with E-state index in [1.165, 1.54) is 13.0 Å². The Labute approximate surface area is 127 Å². The number of rotatable bonds is 1. The third kappa shape index (κ3) is 3.28. The van der Waals surface area contributed by atoms with E-state index < -0.39 is 0 Å². The summed E-state index contributed by atoms with van der Waals surface area (Å²) < 4.78 is 0. The SMILES string of the molecule is CC(=O)c1c(C)cc(C)cc1[O-].[Rb+]. The Morgan fingerprint density at radius 3 is 2.23 bits per heavy atom. The second-order valence-corrected chi connectivity index (χ2v) is 3.01. The third-order valence-electron chi connectivity index (χ3n) is 1.80. The number of hydrogen-bond acceptors (Lipinski definition) is 2. The van der Waals surface area contributed by atoms with Gasteiger partial charge in [0.15, 0.2) is 5.78 Å². The number of ketones is 1. The van der Waals surface area contributed by atoms with Crippen molar-refractivity contribution < 1.29 is 68.1 Å². The molecule has 0 unspecified atom stereocenters. The summed E-state index contributed by atoms with van der Waals surface area (Å²) in [4.78, 5) is 11.0. The quantitative estimate of drug-likeness (QED) is 0.573. The van der Waals surface area contributed by atoms with Gasteiger partial charge >= 0.3 is 58.2 Å². The molecule has 0 saturated carbocycles. The van der Waals surface area contributed by atoms with Crippen LogP contribution in [0.2, 0.25) is 0 Å². The van der Waals surface area contributed by atoms with E-state index in [2.05, 4.69) is 0 Å². The second kappa shape index (κ2) is 5.39. The van der Waals surface area contributed by atoms with E-state index in [0.29, 0.717) is 5.56 Å². The van der Waals surface area contributed by atoms with Crippen LogP contribution >= 0.6 is 0 Å². The summed E-state index contributed by atoms with van der Waals surface area (Å²) in [6.45, 7) is 5.04. The molecule has 2 nitrogen and oxygen atoms in total. The molecule has 0 atom stereocenters. The molecule has 0 amide bonds. The first-order chi connectivity index (χ1) is 5.52. The van der Waals surface area contributed by atoms with Crippen LogP contribution in [0.1, 0.15) is 28.4 Å². The summed E-state index contributed by atoms with van der Waals surface area (Å²) in [5, 5.41) is 11.3. The van der Waals surface area contributed by atoms with E-state index >= 15 is 0 Å². The Hall–Kier alpha value is 0.495. The zero-order valence-electron chi connectivity index (χ0n) is 8.47. The van der Waals surface area contributed by atoms with Gasteiger partial charge in [0, 0.05) is 5.56 Å². The fourth-order valence-corrected chi connectivity index (χ4v) is 1.38. The normalized spacial score (nSPS) is 9.15. The van der Waals surface area contributed by atoms with Crippen molar-refractivity contribution in [3.05, 3.63) is 28.8 Å². The van der Waals surface area contributed by atoms with Gasteiger partial charge in [-0.15, -0.1) is 0 Å². The smallest absolute Gasteiger partial charge is 0.872 e. The van der Waals surface area contributed by atoms with Crippen molar-refractivity contribution in [1.82, 2.24) is 0 Å². The number of hydrogen-bond donors (Lipinski definition) is 0. The number of aryl methyl sites for hydroxylation is 2. The molecule has 1 rings (SSSR count). The molecule has 0 saturated heterocycles. The maximum absolute atomic E-state index is 11.3. The van der Waals surface area contributed by atoms with Gasteiger partial charge < -0.3 is 5.11 Å². The van der Waals surface area contributed by atoms with Crippen molar-refractivity contribution >= 4 is 5.78 Å². The molecule has 0 bridgehead atoms. The van der Waals surface area contributed by atoms with Crippen LogP contribution in [-0.2, 0) is 0 Å². The molecular weight excluding hydrogens is 238 g/mol. The van der Waals surface area contributed by atoms with E-state index in [1.807, 2.05) is 13.0 Å². The van der Waals surface area contributed by atoms with Crippen LogP contribution in [0.3, 0.4) is 0 Å². The van der Waals surface area contributed by atoms with Gasteiger partial charge in [-0.3, -0.25) is 4.79 Å². The summed E-state index contributed by atoms with van der Waals surface area (Å²) in [7, 11) is 0. The largest absolute Gasteiger partial charge is 1.00 e. The van der Waals surface area contributed by atoms with Gasteiger partial charge in [0.25, 0.3) is 0 Å². The maximum Gasteiger partial charge on any atom is 1.00 e. The van der Waals surface area contributed by atoms with Crippen LogP contribution in [0.15, 0.2) is 12.1 Å². The van der Waals surface area contributed by atoms with Crippen LogP contribution in [0.4, 0.5) is 0 Å². The topological polar surface area (TPSA) is 40.1 Å². The Balaban J connectivity index is 0.00000144. The molecule has 0 aliphatic rings. The van der Waals surface area contributed by atoms with Crippen LogP contribution in [0, 0.1) is 13.8 Å². The fourth-order valence-electron chi connectivity index (χ4n) is 1.38. The van der Waals surface area contributed by atoms with Crippen LogP contribution < -0.4 is 63.3 Å². The fraction of sp³-hybridized carbons (Fsp3) is 0.300. The zero-order valence-corrected chi connectivity index (χ0v) is 13.4. The summed E-state index contributed by atoms with van der Waals surface area (Å²) in [6.07, 6.45) is 0. The average molecular weight is 249 g/mol. The van der Waals surface area contributed by atoms with Crippen LogP contribution in [0.5, 0.6) is 5.75 Å². The first-order valence-corrected chi connectivity index (χ1v) is 3.81. The first-order valence-electron chi connectivity index (χ1n) is 3.81. The minimum atomic E-state index is -0.167. The van der Waals surface area contributed by atoms with Gasteiger partial charge in [-0.05, 0) is 26.3 Å². The van der Waals surface area contributed by atoms with Gasteiger partial charge in [-0.25, -0.2) is 0 Å². The van der Waals surface area contributed by atoms with Crippen molar-refractivity contribution in [2.75, 3.05) is 0 Å². The van der Waals surface area contributed by atoms with Crippen molar-refractivity contribution in [2.45, 2.75) is 20.8 Å². The summed E-state index contributed by atoms with van der Waals surface area (Å²) in [5.41, 5.74) is 2.00. The van der Waals surface area contributed by atoms with Gasteiger partial charge in [0.2, 0.25) is 0 Å². The first kappa shape index (κ1) is 13.5. The molecule has 0 fully saturated rings. The van der Waals surface area contributed by atoms with Crippen molar-refractivity contribution in [3.8, 4) is 5.75 Å². The van der Waals surface area contributed by atoms with Crippen molar-refractivity contribution in [2.24, 2.45) is 0 Å². The van der Waals surface area contributed by atoms with Gasteiger partial charge in [0.1, 0.15) is 0 Å². The number of benzene rings is 1. The average Bonchev–Trinajstić information content (AvgIpc) is 1.82. The van der Waals surface area contributed by atoms with Gasteiger partial charge in [-0.1, -0.05) is 23.4 Å². The third-order valence-corrected chi connectivity index (χ3v) is 1.80. The Bertz CT molecular complexity index is 309. The Kier molecular flexibility index (Phi) is 5.60. The van der Waals surface area contributed by atoms with Gasteiger partial charge in [0.05, 0.1) is 0 Å². The molecule has 1 aromatic carbocycles. The predicted octanol–water partition coefficient (Wildman–Crippen LogP) is -1.42. The molecule has 0 radical (unpaired) electrons. The maximum atomic E-state index is 11.3. The molecule has 3 heteroatoms. The van der Waals surface area contributed by atoms with Crippen LogP contribution in [-0.4, -0.2) is 5.78 Å². The summed E-state index contributed by atoms with van der Waals surface area (Å²) >= 11 is 0. The number of carbonyl (C=O) groups excluding carboxylic acids is 1. The standard InChI is InChI=1S/C10H12O2.Rb/c1-6-4-7(2)10(8(3)11)9(12)5-6;/h4-5,12H,1-3H3;/q;+1/p-1. The van der Waals surface area contributed by atoms with Crippen molar-refractivity contribution in [3.63, 3.8) is 0 Å².